The third-order valence-electron chi connectivity index (χ3n) is 3.19. The molecule has 0 aliphatic rings. The van der Waals surface area contributed by atoms with E-state index in [9.17, 15) is 4.79 Å². The number of methoxy groups -OCH3 is 1. The Hall–Kier alpha value is -2.47. The maximum absolute atomic E-state index is 11.9. The van der Waals surface area contributed by atoms with Crippen molar-refractivity contribution in [2.75, 3.05) is 25.6 Å². The number of benzene rings is 1. The number of hydrogen-bond acceptors (Lipinski definition) is 5. The van der Waals surface area contributed by atoms with Crippen LogP contribution >= 0.6 is 0 Å². The van der Waals surface area contributed by atoms with Crippen molar-refractivity contribution >= 4 is 17.4 Å². The molecule has 0 aliphatic heterocycles. The van der Waals surface area contributed by atoms with Crippen LogP contribution in [0.5, 0.6) is 0 Å². The second-order valence-corrected chi connectivity index (χ2v) is 5.39. The molecule has 0 fully saturated rings. The number of carbonyl (C=O) groups is 1. The van der Waals surface area contributed by atoms with Gasteiger partial charge in [-0.25, -0.2) is 9.97 Å². The first kappa shape index (κ1) is 16.9. The molecule has 1 aromatic heterocycles. The van der Waals surface area contributed by atoms with Crippen LogP contribution in [0.3, 0.4) is 0 Å². The summed E-state index contributed by atoms with van der Waals surface area (Å²) in [6, 6.07) is 6.17. The smallest absolute Gasteiger partial charge is 0.271 e. The number of aryl methyl sites for hydroxylation is 2. The molecule has 0 saturated heterocycles. The highest BCUT2D eigenvalue weighted by molar-refractivity contribution is 5.92. The van der Waals surface area contributed by atoms with E-state index >= 15 is 0 Å². The Morgan fingerprint density at radius 1 is 1.13 bits per heavy atom. The Bertz CT molecular complexity index is 636. The van der Waals surface area contributed by atoms with E-state index in [2.05, 4.69) is 26.7 Å². The van der Waals surface area contributed by atoms with Gasteiger partial charge in [0.05, 0.1) is 12.4 Å². The van der Waals surface area contributed by atoms with Crippen LogP contribution in [-0.2, 0) is 4.74 Å². The molecule has 0 saturated carbocycles. The first-order chi connectivity index (χ1) is 11.1. The van der Waals surface area contributed by atoms with E-state index in [-0.39, 0.29) is 5.91 Å². The second-order valence-electron chi connectivity index (χ2n) is 5.39. The van der Waals surface area contributed by atoms with Crippen molar-refractivity contribution in [1.82, 2.24) is 15.3 Å². The summed E-state index contributed by atoms with van der Waals surface area (Å²) in [4.78, 5) is 20.3. The molecule has 2 rings (SSSR count). The zero-order valence-electron chi connectivity index (χ0n) is 13.7. The minimum Gasteiger partial charge on any atom is -0.385 e. The molecule has 2 N–H and O–H groups in total. The molecule has 1 aromatic carbocycles. The molecule has 1 heterocycles. The Morgan fingerprint density at radius 2 is 1.87 bits per heavy atom. The number of nitrogens with one attached hydrogen (secondary N) is 2. The lowest BCUT2D eigenvalue weighted by molar-refractivity contribution is 0.0943. The van der Waals surface area contributed by atoms with Crippen LogP contribution in [0.15, 0.2) is 30.6 Å². The molecular formula is C17H22N4O2. The highest BCUT2D eigenvalue weighted by atomic mass is 16.5. The van der Waals surface area contributed by atoms with Gasteiger partial charge < -0.3 is 15.4 Å². The third-order valence-corrected chi connectivity index (χ3v) is 3.19. The van der Waals surface area contributed by atoms with Crippen LogP contribution in [0.1, 0.15) is 28.0 Å². The van der Waals surface area contributed by atoms with E-state index in [1.165, 1.54) is 17.3 Å². The summed E-state index contributed by atoms with van der Waals surface area (Å²) in [6.07, 6.45) is 3.79. The van der Waals surface area contributed by atoms with Crippen LogP contribution in [0.25, 0.3) is 0 Å². The van der Waals surface area contributed by atoms with Gasteiger partial charge in [0.15, 0.2) is 0 Å². The monoisotopic (exact) mass is 314 g/mol. The first-order valence-electron chi connectivity index (χ1n) is 7.53. The van der Waals surface area contributed by atoms with E-state index in [0.717, 1.165) is 12.1 Å². The van der Waals surface area contributed by atoms with Gasteiger partial charge in [-0.1, -0.05) is 6.07 Å². The number of nitrogens with zero attached hydrogens (tertiary/aromatic N) is 2. The fourth-order valence-electron chi connectivity index (χ4n) is 2.21. The van der Waals surface area contributed by atoms with Crippen LogP contribution in [0.4, 0.5) is 11.5 Å². The topological polar surface area (TPSA) is 76.1 Å². The molecule has 0 spiro atoms. The lowest BCUT2D eigenvalue weighted by Gasteiger charge is -2.08. The molecule has 6 nitrogen and oxygen atoms in total. The molecule has 0 aliphatic carbocycles. The number of amides is 1. The Balaban J connectivity index is 1.95. The quantitative estimate of drug-likeness (QED) is 0.768. The largest absolute Gasteiger partial charge is 0.385 e. The summed E-state index contributed by atoms with van der Waals surface area (Å²) in [6.45, 7) is 5.25. The standard InChI is InChI=1S/C17H22N4O2/c1-12-7-13(2)9-14(8-12)21-16-11-19-15(10-20-16)17(22)18-5-4-6-23-3/h7-11H,4-6H2,1-3H3,(H,18,22)(H,20,21). The van der Waals surface area contributed by atoms with Gasteiger partial charge in [-0.05, 0) is 43.5 Å². The Labute approximate surface area is 136 Å². The van der Waals surface area contributed by atoms with Gasteiger partial charge in [0.2, 0.25) is 0 Å². The molecule has 6 heteroatoms. The zero-order valence-corrected chi connectivity index (χ0v) is 13.7. The fraction of sp³-hybridized carbons (Fsp3) is 0.353. The molecule has 0 unspecified atom stereocenters. The average molecular weight is 314 g/mol. The maximum atomic E-state index is 11.9. The van der Waals surface area contributed by atoms with Gasteiger partial charge in [-0.15, -0.1) is 0 Å². The lowest BCUT2D eigenvalue weighted by atomic mass is 10.1. The van der Waals surface area contributed by atoms with Crippen molar-refractivity contribution in [2.24, 2.45) is 0 Å². The van der Waals surface area contributed by atoms with Crippen LogP contribution in [-0.4, -0.2) is 36.1 Å². The fourth-order valence-corrected chi connectivity index (χ4v) is 2.21. The number of ether oxygens (including phenoxy) is 1. The first-order valence-corrected chi connectivity index (χ1v) is 7.53. The summed E-state index contributed by atoms with van der Waals surface area (Å²) < 4.78 is 4.93. The van der Waals surface area contributed by atoms with Gasteiger partial charge >= 0.3 is 0 Å². The van der Waals surface area contributed by atoms with Crippen molar-refractivity contribution in [2.45, 2.75) is 20.3 Å². The van der Waals surface area contributed by atoms with Crippen molar-refractivity contribution in [1.29, 1.82) is 0 Å². The molecule has 0 atom stereocenters. The molecule has 0 radical (unpaired) electrons. The van der Waals surface area contributed by atoms with Gasteiger partial charge in [-0.3, -0.25) is 4.79 Å². The maximum Gasteiger partial charge on any atom is 0.271 e. The Kier molecular flexibility index (Phi) is 6.05. The van der Waals surface area contributed by atoms with Gasteiger partial charge in [0, 0.05) is 25.9 Å². The second kappa shape index (κ2) is 8.24. The van der Waals surface area contributed by atoms with Crippen LogP contribution in [0, 0.1) is 13.8 Å². The summed E-state index contributed by atoms with van der Waals surface area (Å²) in [7, 11) is 1.63. The molecule has 2 aromatic rings. The summed E-state index contributed by atoms with van der Waals surface area (Å²) in [5.74, 6) is 0.373. The van der Waals surface area contributed by atoms with Crippen LogP contribution < -0.4 is 10.6 Å². The van der Waals surface area contributed by atoms with E-state index in [1.54, 1.807) is 13.3 Å². The Morgan fingerprint density at radius 3 is 2.48 bits per heavy atom. The van der Waals surface area contributed by atoms with Gasteiger partial charge in [-0.2, -0.15) is 0 Å². The zero-order chi connectivity index (χ0) is 16.7. The molecule has 0 bridgehead atoms. The normalized spacial score (nSPS) is 10.4. The van der Waals surface area contributed by atoms with Gasteiger partial charge in [0.1, 0.15) is 11.5 Å². The van der Waals surface area contributed by atoms with Crippen molar-refractivity contribution in [3.05, 3.63) is 47.4 Å². The van der Waals surface area contributed by atoms with Crippen molar-refractivity contribution < 1.29 is 9.53 Å². The van der Waals surface area contributed by atoms with Crippen molar-refractivity contribution in [3.63, 3.8) is 0 Å². The molecule has 122 valence electrons. The molecule has 1 amide bonds. The average Bonchev–Trinajstić information content (AvgIpc) is 2.51. The number of rotatable bonds is 7. The van der Waals surface area contributed by atoms with E-state index in [0.29, 0.717) is 24.7 Å². The lowest BCUT2D eigenvalue weighted by Crippen LogP contribution is -2.26. The number of aromatic nitrogens is 2. The van der Waals surface area contributed by atoms with E-state index in [1.807, 2.05) is 26.0 Å². The summed E-state index contributed by atoms with van der Waals surface area (Å²) in [5.41, 5.74) is 3.60. The van der Waals surface area contributed by atoms with E-state index < -0.39 is 0 Å². The number of carbonyl (C=O) groups excluding carboxylic acids is 1. The highest BCUT2D eigenvalue weighted by Gasteiger charge is 2.07. The summed E-state index contributed by atoms with van der Waals surface area (Å²) >= 11 is 0. The SMILES string of the molecule is COCCCNC(=O)c1cnc(Nc2cc(C)cc(C)c2)cn1. The van der Waals surface area contributed by atoms with Crippen molar-refractivity contribution in [3.8, 4) is 0 Å². The third kappa shape index (κ3) is 5.34. The number of anilines is 2. The predicted octanol–water partition coefficient (Wildman–Crippen LogP) is 2.60. The highest BCUT2D eigenvalue weighted by Crippen LogP contribution is 2.17. The van der Waals surface area contributed by atoms with Crippen LogP contribution in [0.2, 0.25) is 0 Å². The van der Waals surface area contributed by atoms with E-state index in [4.69, 9.17) is 4.74 Å². The minimum absolute atomic E-state index is 0.230. The predicted molar refractivity (Wildman–Crippen MR) is 90.1 cm³/mol. The summed E-state index contributed by atoms with van der Waals surface area (Å²) in [5, 5.41) is 5.97. The minimum atomic E-state index is -0.230. The number of hydrogen-bond donors (Lipinski definition) is 2. The molecular weight excluding hydrogens is 292 g/mol. The molecule has 23 heavy (non-hydrogen) atoms. The van der Waals surface area contributed by atoms with Gasteiger partial charge in [0.25, 0.3) is 5.91 Å².